The highest BCUT2D eigenvalue weighted by Gasteiger charge is 2.32. The fourth-order valence-corrected chi connectivity index (χ4v) is 4.10. The van der Waals surface area contributed by atoms with Crippen LogP contribution in [0.15, 0.2) is 53.5 Å². The molecular weight excluding hydrogens is 368 g/mol. The van der Waals surface area contributed by atoms with E-state index in [4.69, 9.17) is 4.74 Å². The molecule has 1 saturated heterocycles. The average Bonchev–Trinajstić information content (AvgIpc) is 3.37. The lowest BCUT2D eigenvalue weighted by atomic mass is 10.2. The van der Waals surface area contributed by atoms with Gasteiger partial charge in [-0.2, -0.15) is 0 Å². The summed E-state index contributed by atoms with van der Waals surface area (Å²) in [5, 5.41) is 0. The Morgan fingerprint density at radius 1 is 1.10 bits per heavy atom. The molecule has 0 N–H and O–H groups in total. The summed E-state index contributed by atoms with van der Waals surface area (Å²) in [5.41, 5.74) is 1.60. The summed E-state index contributed by atoms with van der Waals surface area (Å²) in [6, 6.07) is 13.1. The third kappa shape index (κ3) is 3.52. The fourth-order valence-electron chi connectivity index (χ4n) is 4.10. The summed E-state index contributed by atoms with van der Waals surface area (Å²) in [6.07, 6.45) is 4.85. The number of fused-ring (bicyclic) bond motifs is 1. The van der Waals surface area contributed by atoms with Gasteiger partial charge in [-0.3, -0.25) is 13.9 Å². The van der Waals surface area contributed by atoms with Crippen molar-refractivity contribution in [1.82, 2.24) is 19.0 Å². The molecule has 3 aromatic rings. The van der Waals surface area contributed by atoms with Crippen LogP contribution >= 0.6 is 0 Å². The second-order valence-corrected chi connectivity index (χ2v) is 7.94. The van der Waals surface area contributed by atoms with E-state index >= 15 is 0 Å². The second-order valence-electron chi connectivity index (χ2n) is 7.94. The molecule has 1 aliphatic carbocycles. The maximum atomic E-state index is 13.2. The minimum Gasteiger partial charge on any atom is -0.484 e. The van der Waals surface area contributed by atoms with Gasteiger partial charge in [-0.15, -0.1) is 0 Å². The topological polar surface area (TPSA) is 69.4 Å². The van der Waals surface area contributed by atoms with E-state index in [0.717, 1.165) is 24.1 Å². The largest absolute Gasteiger partial charge is 0.484 e. The highest BCUT2D eigenvalue weighted by molar-refractivity contribution is 5.78. The number of carbonyl (C=O) groups excluding carboxylic acids is 1. The predicted octanol–water partition coefficient (Wildman–Crippen LogP) is 2.46. The number of likely N-dealkylation sites (tertiary alicyclic amines) is 1. The van der Waals surface area contributed by atoms with Gasteiger partial charge >= 0.3 is 5.69 Å². The molecular formula is C22H24N4O3. The monoisotopic (exact) mass is 392 g/mol. The molecule has 1 aliphatic heterocycles. The van der Waals surface area contributed by atoms with Gasteiger partial charge in [0.15, 0.2) is 12.3 Å². The molecule has 5 rings (SSSR count). The van der Waals surface area contributed by atoms with Gasteiger partial charge in [0.1, 0.15) is 5.75 Å². The first kappa shape index (κ1) is 18.0. The SMILES string of the molecule is O=C(COc1ccccc1)N1CCC(n2c(=O)n(CC3CC3)c3cccnc32)C1. The lowest BCUT2D eigenvalue weighted by molar-refractivity contribution is -0.132. The minimum atomic E-state index is -0.0564. The van der Waals surface area contributed by atoms with Crippen LogP contribution in [0.3, 0.4) is 0 Å². The second kappa shape index (κ2) is 7.39. The number of hydrogen-bond acceptors (Lipinski definition) is 4. The summed E-state index contributed by atoms with van der Waals surface area (Å²) < 4.78 is 9.25. The standard InChI is InChI=1S/C22H24N4O3/c27-20(15-29-18-5-2-1-3-6-18)24-12-10-17(14-24)26-21-19(7-4-11-23-21)25(22(26)28)13-16-8-9-16/h1-7,11,16-17H,8-10,12-15H2. The van der Waals surface area contributed by atoms with Crippen molar-refractivity contribution < 1.29 is 9.53 Å². The van der Waals surface area contributed by atoms with Crippen LogP contribution in [0.2, 0.25) is 0 Å². The Bertz CT molecular complexity index is 1080. The molecule has 1 amide bonds. The third-order valence-corrected chi connectivity index (χ3v) is 5.85. The van der Waals surface area contributed by atoms with Gasteiger partial charge in [0, 0.05) is 25.8 Å². The van der Waals surface area contributed by atoms with Crippen LogP contribution in [-0.4, -0.2) is 44.6 Å². The van der Waals surface area contributed by atoms with Gasteiger partial charge in [0.05, 0.1) is 11.6 Å². The van der Waals surface area contributed by atoms with Crippen molar-refractivity contribution in [2.24, 2.45) is 5.92 Å². The van der Waals surface area contributed by atoms with Crippen molar-refractivity contribution in [3.63, 3.8) is 0 Å². The predicted molar refractivity (Wildman–Crippen MR) is 109 cm³/mol. The first-order chi connectivity index (χ1) is 14.2. The van der Waals surface area contributed by atoms with E-state index < -0.39 is 0 Å². The molecule has 1 unspecified atom stereocenters. The van der Waals surface area contributed by atoms with Crippen LogP contribution < -0.4 is 10.4 Å². The van der Waals surface area contributed by atoms with E-state index in [2.05, 4.69) is 4.98 Å². The summed E-state index contributed by atoms with van der Waals surface area (Å²) >= 11 is 0. The summed E-state index contributed by atoms with van der Waals surface area (Å²) in [6.45, 7) is 1.90. The van der Waals surface area contributed by atoms with Crippen LogP contribution in [-0.2, 0) is 11.3 Å². The van der Waals surface area contributed by atoms with Gasteiger partial charge in [-0.25, -0.2) is 9.78 Å². The molecule has 0 bridgehead atoms. The number of carbonyl (C=O) groups is 1. The number of imidazole rings is 1. The van der Waals surface area contributed by atoms with Crippen LogP contribution in [0.1, 0.15) is 25.3 Å². The van der Waals surface area contributed by atoms with Gasteiger partial charge in [0.2, 0.25) is 0 Å². The molecule has 2 aromatic heterocycles. The van der Waals surface area contributed by atoms with Crippen LogP contribution in [0, 0.1) is 5.92 Å². The molecule has 29 heavy (non-hydrogen) atoms. The van der Waals surface area contributed by atoms with E-state index in [9.17, 15) is 9.59 Å². The first-order valence-electron chi connectivity index (χ1n) is 10.2. The molecule has 150 valence electrons. The van der Waals surface area contributed by atoms with E-state index in [1.54, 1.807) is 15.7 Å². The van der Waals surface area contributed by atoms with Crippen LogP contribution in [0.5, 0.6) is 5.75 Å². The highest BCUT2D eigenvalue weighted by atomic mass is 16.5. The first-order valence-corrected chi connectivity index (χ1v) is 10.2. The van der Waals surface area contributed by atoms with Gasteiger partial charge in [-0.05, 0) is 49.4 Å². The van der Waals surface area contributed by atoms with Gasteiger partial charge in [-0.1, -0.05) is 18.2 Å². The average molecular weight is 392 g/mol. The Morgan fingerprint density at radius 3 is 2.72 bits per heavy atom. The Balaban J connectivity index is 1.33. The summed E-state index contributed by atoms with van der Waals surface area (Å²) in [4.78, 5) is 32.1. The Hall–Kier alpha value is -3.09. The molecule has 3 heterocycles. The molecule has 0 radical (unpaired) electrons. The van der Waals surface area contributed by atoms with Crippen molar-refractivity contribution >= 4 is 17.1 Å². The van der Waals surface area contributed by atoms with E-state index in [1.165, 1.54) is 12.8 Å². The van der Waals surface area contributed by atoms with Gasteiger partial charge < -0.3 is 9.64 Å². The number of ether oxygens (including phenoxy) is 1. The maximum absolute atomic E-state index is 13.2. The highest BCUT2D eigenvalue weighted by Crippen LogP contribution is 2.32. The zero-order chi connectivity index (χ0) is 19.8. The number of amides is 1. The number of pyridine rings is 1. The number of aromatic nitrogens is 3. The minimum absolute atomic E-state index is 0.00726. The van der Waals surface area contributed by atoms with Crippen molar-refractivity contribution in [3.05, 3.63) is 59.1 Å². The molecule has 0 spiro atoms. The number of hydrogen-bond donors (Lipinski definition) is 0. The van der Waals surface area contributed by atoms with E-state index in [-0.39, 0.29) is 24.2 Å². The third-order valence-electron chi connectivity index (χ3n) is 5.85. The molecule has 1 atom stereocenters. The Labute approximate surface area is 168 Å². The molecule has 7 heteroatoms. The number of rotatable bonds is 6. The molecule has 7 nitrogen and oxygen atoms in total. The summed E-state index contributed by atoms with van der Waals surface area (Å²) in [5.74, 6) is 1.22. The number of nitrogens with zero attached hydrogens (tertiary/aromatic N) is 4. The smallest absolute Gasteiger partial charge is 0.330 e. The van der Waals surface area contributed by atoms with Crippen LogP contribution in [0.25, 0.3) is 11.2 Å². The molecule has 2 aliphatic rings. The van der Waals surface area contributed by atoms with Crippen molar-refractivity contribution in [3.8, 4) is 5.75 Å². The maximum Gasteiger partial charge on any atom is 0.330 e. The zero-order valence-corrected chi connectivity index (χ0v) is 16.2. The lowest BCUT2D eigenvalue weighted by Gasteiger charge is -2.17. The molecule has 2 fully saturated rings. The van der Waals surface area contributed by atoms with E-state index in [1.807, 2.05) is 47.0 Å². The van der Waals surface area contributed by atoms with Crippen molar-refractivity contribution in [2.75, 3.05) is 19.7 Å². The fraction of sp³-hybridized carbons (Fsp3) is 0.409. The lowest BCUT2D eigenvalue weighted by Crippen LogP contribution is -2.35. The van der Waals surface area contributed by atoms with Crippen LogP contribution in [0.4, 0.5) is 0 Å². The molecule has 1 aromatic carbocycles. The number of benzene rings is 1. The van der Waals surface area contributed by atoms with Gasteiger partial charge in [0.25, 0.3) is 5.91 Å². The van der Waals surface area contributed by atoms with Crippen molar-refractivity contribution in [2.45, 2.75) is 31.8 Å². The quantitative estimate of drug-likeness (QED) is 0.646. The Kier molecular flexibility index (Phi) is 4.58. The normalized spacial score (nSPS) is 19.0. The zero-order valence-electron chi connectivity index (χ0n) is 16.2. The van der Waals surface area contributed by atoms with E-state index in [0.29, 0.717) is 24.8 Å². The van der Waals surface area contributed by atoms with Crippen molar-refractivity contribution in [1.29, 1.82) is 0 Å². The molecule has 1 saturated carbocycles. The Morgan fingerprint density at radius 2 is 1.93 bits per heavy atom. The summed E-state index contributed by atoms with van der Waals surface area (Å²) in [7, 11) is 0. The number of para-hydroxylation sites is 1.